The fourth-order valence-corrected chi connectivity index (χ4v) is 3.22. The van der Waals surface area contributed by atoms with Crippen LogP contribution in [0, 0.1) is 0 Å². The van der Waals surface area contributed by atoms with E-state index in [-0.39, 0.29) is 0 Å². The van der Waals surface area contributed by atoms with Crippen molar-refractivity contribution < 1.29 is 9.47 Å². The number of hydrogen-bond acceptors (Lipinski definition) is 2. The molecule has 24 heavy (non-hydrogen) atoms. The minimum atomic E-state index is 0.337. The first-order valence-corrected chi connectivity index (χ1v) is 8.42. The number of ether oxygens (including phenoxy) is 2. The molecule has 0 bridgehead atoms. The molecule has 0 N–H and O–H groups in total. The zero-order valence-electron chi connectivity index (χ0n) is 13.6. The molecule has 0 fully saturated rings. The second-order valence-electron chi connectivity index (χ2n) is 6.06. The smallest absolute Gasteiger partial charge is 0.231 e. The third-order valence-corrected chi connectivity index (χ3v) is 4.45. The van der Waals surface area contributed by atoms with Crippen LogP contribution in [0.4, 0.5) is 0 Å². The minimum absolute atomic E-state index is 0.337. The van der Waals surface area contributed by atoms with Crippen molar-refractivity contribution in [1.82, 2.24) is 0 Å². The zero-order valence-corrected chi connectivity index (χ0v) is 13.6. The largest absolute Gasteiger partial charge is 0.454 e. The molecule has 0 unspecified atom stereocenters. The van der Waals surface area contributed by atoms with Gasteiger partial charge in [0, 0.05) is 0 Å². The number of aryl methyl sites for hydroxylation is 2. The van der Waals surface area contributed by atoms with Crippen LogP contribution in [0.3, 0.4) is 0 Å². The highest BCUT2D eigenvalue weighted by molar-refractivity contribution is 5.67. The van der Waals surface area contributed by atoms with Crippen molar-refractivity contribution in [2.75, 3.05) is 6.79 Å². The fraction of sp³-hybridized carbons (Fsp3) is 0.182. The van der Waals surface area contributed by atoms with Crippen LogP contribution in [0.15, 0.2) is 72.8 Å². The maximum absolute atomic E-state index is 5.46. The molecule has 0 spiro atoms. The predicted molar refractivity (Wildman–Crippen MR) is 96.5 cm³/mol. The molecule has 3 aromatic carbocycles. The van der Waals surface area contributed by atoms with E-state index in [4.69, 9.17) is 9.47 Å². The topological polar surface area (TPSA) is 18.5 Å². The van der Waals surface area contributed by atoms with Gasteiger partial charge in [0.25, 0.3) is 0 Å². The fourth-order valence-electron chi connectivity index (χ4n) is 3.22. The summed E-state index contributed by atoms with van der Waals surface area (Å²) in [5, 5.41) is 0. The van der Waals surface area contributed by atoms with E-state index >= 15 is 0 Å². The van der Waals surface area contributed by atoms with Crippen molar-refractivity contribution in [2.24, 2.45) is 0 Å². The Kier molecular flexibility index (Phi) is 4.20. The summed E-state index contributed by atoms with van der Waals surface area (Å²) in [5.41, 5.74) is 5.33. The average molecular weight is 316 g/mol. The van der Waals surface area contributed by atoms with Crippen LogP contribution >= 0.6 is 0 Å². The van der Waals surface area contributed by atoms with E-state index in [2.05, 4.69) is 66.7 Å². The van der Waals surface area contributed by atoms with Crippen molar-refractivity contribution in [3.8, 4) is 22.6 Å². The molecule has 0 atom stereocenters. The van der Waals surface area contributed by atoms with Gasteiger partial charge in [-0.1, -0.05) is 60.7 Å². The van der Waals surface area contributed by atoms with E-state index in [0.717, 1.165) is 30.8 Å². The van der Waals surface area contributed by atoms with E-state index < -0.39 is 0 Å². The van der Waals surface area contributed by atoms with Crippen molar-refractivity contribution in [3.63, 3.8) is 0 Å². The van der Waals surface area contributed by atoms with Gasteiger partial charge in [0.15, 0.2) is 11.5 Å². The maximum atomic E-state index is 5.46. The van der Waals surface area contributed by atoms with Gasteiger partial charge in [-0.15, -0.1) is 0 Å². The van der Waals surface area contributed by atoms with E-state index in [1.807, 2.05) is 6.07 Å². The van der Waals surface area contributed by atoms with Crippen LogP contribution < -0.4 is 9.47 Å². The molecule has 1 aliphatic rings. The first-order valence-electron chi connectivity index (χ1n) is 8.42. The highest BCUT2D eigenvalue weighted by Crippen LogP contribution is 2.33. The lowest BCUT2D eigenvalue weighted by Crippen LogP contribution is -1.94. The Morgan fingerprint density at radius 2 is 1.50 bits per heavy atom. The molecule has 0 amide bonds. The third kappa shape index (κ3) is 3.13. The summed E-state index contributed by atoms with van der Waals surface area (Å²) in [7, 11) is 0. The lowest BCUT2D eigenvalue weighted by Gasteiger charge is -2.10. The normalized spacial score (nSPS) is 12.3. The predicted octanol–water partition coefficient (Wildman–Crippen LogP) is 5.26. The van der Waals surface area contributed by atoms with E-state index in [1.54, 1.807) is 0 Å². The van der Waals surface area contributed by atoms with Gasteiger partial charge in [-0.3, -0.25) is 0 Å². The van der Waals surface area contributed by atoms with Crippen molar-refractivity contribution in [1.29, 1.82) is 0 Å². The molecule has 0 aliphatic carbocycles. The Hall–Kier alpha value is -2.74. The Morgan fingerprint density at radius 3 is 2.42 bits per heavy atom. The third-order valence-electron chi connectivity index (χ3n) is 4.45. The monoisotopic (exact) mass is 316 g/mol. The second-order valence-corrected chi connectivity index (χ2v) is 6.06. The first kappa shape index (κ1) is 14.8. The summed E-state index contributed by atoms with van der Waals surface area (Å²) >= 11 is 0. The number of rotatable bonds is 5. The highest BCUT2D eigenvalue weighted by atomic mass is 16.7. The lowest BCUT2D eigenvalue weighted by atomic mass is 9.95. The highest BCUT2D eigenvalue weighted by Gasteiger charge is 2.13. The summed E-state index contributed by atoms with van der Waals surface area (Å²) in [5.74, 6) is 1.73. The van der Waals surface area contributed by atoms with Crippen LogP contribution in [-0.4, -0.2) is 6.79 Å². The van der Waals surface area contributed by atoms with Crippen molar-refractivity contribution in [3.05, 3.63) is 83.9 Å². The Morgan fingerprint density at radius 1 is 0.708 bits per heavy atom. The van der Waals surface area contributed by atoms with Gasteiger partial charge in [-0.2, -0.15) is 0 Å². The van der Waals surface area contributed by atoms with Gasteiger partial charge in [-0.25, -0.2) is 0 Å². The van der Waals surface area contributed by atoms with Crippen LogP contribution in [0.25, 0.3) is 11.1 Å². The lowest BCUT2D eigenvalue weighted by molar-refractivity contribution is 0.174. The van der Waals surface area contributed by atoms with Crippen LogP contribution in [0.5, 0.6) is 11.5 Å². The van der Waals surface area contributed by atoms with E-state index in [9.17, 15) is 0 Å². The molecule has 3 aromatic rings. The van der Waals surface area contributed by atoms with Gasteiger partial charge in [0.1, 0.15) is 0 Å². The molecule has 1 aliphatic heterocycles. The van der Waals surface area contributed by atoms with Gasteiger partial charge in [0.05, 0.1) is 0 Å². The van der Waals surface area contributed by atoms with E-state index in [0.29, 0.717) is 6.79 Å². The molecule has 2 heteroatoms. The summed E-state index contributed by atoms with van der Waals surface area (Å²) in [6.45, 7) is 0.337. The SMILES string of the molecule is c1ccc(-c2ccccc2CCCc2ccc3c(c2)OCO3)cc1. The quantitative estimate of drug-likeness (QED) is 0.639. The minimum Gasteiger partial charge on any atom is -0.454 e. The number of fused-ring (bicyclic) bond motifs is 1. The summed E-state index contributed by atoms with van der Waals surface area (Å²) in [6.07, 6.45) is 3.22. The maximum Gasteiger partial charge on any atom is 0.231 e. The zero-order chi connectivity index (χ0) is 16.2. The Bertz CT molecular complexity index is 824. The van der Waals surface area contributed by atoms with Crippen LogP contribution in [-0.2, 0) is 12.8 Å². The van der Waals surface area contributed by atoms with Crippen LogP contribution in [0.1, 0.15) is 17.5 Å². The molecule has 0 saturated carbocycles. The molecular formula is C22H20O2. The van der Waals surface area contributed by atoms with Crippen LogP contribution in [0.2, 0.25) is 0 Å². The number of benzene rings is 3. The van der Waals surface area contributed by atoms with Crippen molar-refractivity contribution in [2.45, 2.75) is 19.3 Å². The Labute approximate surface area is 142 Å². The second kappa shape index (κ2) is 6.79. The summed E-state index contributed by atoms with van der Waals surface area (Å²) in [6, 6.07) is 25.5. The van der Waals surface area contributed by atoms with Gasteiger partial charge >= 0.3 is 0 Å². The summed E-state index contributed by atoms with van der Waals surface area (Å²) in [4.78, 5) is 0. The van der Waals surface area contributed by atoms with Crippen molar-refractivity contribution >= 4 is 0 Å². The standard InChI is InChI=1S/C22H20O2/c1-2-8-18(9-3-1)20-12-5-4-10-19(20)11-6-7-17-13-14-21-22(15-17)24-16-23-21/h1-5,8-10,12-15H,6-7,11,16H2. The molecule has 2 nitrogen and oxygen atoms in total. The molecular weight excluding hydrogens is 296 g/mol. The van der Waals surface area contributed by atoms with E-state index in [1.165, 1.54) is 22.3 Å². The molecule has 120 valence electrons. The molecule has 1 heterocycles. The summed E-state index contributed by atoms with van der Waals surface area (Å²) < 4.78 is 10.8. The van der Waals surface area contributed by atoms with Gasteiger partial charge in [-0.05, 0) is 53.6 Å². The van der Waals surface area contributed by atoms with Gasteiger partial charge < -0.3 is 9.47 Å². The van der Waals surface area contributed by atoms with Gasteiger partial charge in [0.2, 0.25) is 6.79 Å². The average Bonchev–Trinajstić information content (AvgIpc) is 3.11. The molecule has 4 rings (SSSR count). The molecule has 0 radical (unpaired) electrons. The molecule has 0 saturated heterocycles. The first-order chi connectivity index (χ1) is 11.9. The Balaban J connectivity index is 1.45. The molecule has 0 aromatic heterocycles. The number of hydrogen-bond donors (Lipinski definition) is 0.